The maximum absolute atomic E-state index is 12.1. The summed E-state index contributed by atoms with van der Waals surface area (Å²) < 4.78 is 0.546. The summed E-state index contributed by atoms with van der Waals surface area (Å²) in [5.74, 6) is 0.571. The molecule has 4 heterocycles. The number of pyridine rings is 2. The number of aromatic hydroxyl groups is 1. The minimum atomic E-state index is -0.0904. The molecule has 1 N–H and O–H groups in total. The summed E-state index contributed by atoms with van der Waals surface area (Å²) in [6.45, 7) is 11.1. The Bertz CT molecular complexity index is 1550. The highest BCUT2D eigenvalue weighted by Gasteiger charge is 2.49. The first-order valence-electron chi connectivity index (χ1n) is 13.0. The van der Waals surface area contributed by atoms with Gasteiger partial charge in [0.15, 0.2) is 0 Å². The number of anilines is 1. The van der Waals surface area contributed by atoms with Crippen molar-refractivity contribution in [3.63, 3.8) is 0 Å². The van der Waals surface area contributed by atoms with Crippen molar-refractivity contribution in [1.82, 2.24) is 14.9 Å². The molecule has 1 aromatic carbocycles. The Morgan fingerprint density at radius 1 is 1.18 bits per heavy atom. The number of amides is 1. The molecular formula is C30H30BrN5O2. The van der Waals surface area contributed by atoms with Crippen LogP contribution in [0.5, 0.6) is 5.88 Å². The molecular weight excluding hydrogens is 542 g/mol. The maximum Gasteiger partial charge on any atom is 0.245 e. The van der Waals surface area contributed by atoms with E-state index in [-0.39, 0.29) is 22.6 Å². The Kier molecular flexibility index (Phi) is 5.76. The van der Waals surface area contributed by atoms with E-state index >= 15 is 0 Å². The highest BCUT2D eigenvalue weighted by atomic mass is 79.9. The van der Waals surface area contributed by atoms with Gasteiger partial charge in [-0.1, -0.05) is 44.7 Å². The number of likely N-dealkylation sites (tertiary alicyclic amines) is 1. The lowest BCUT2D eigenvalue weighted by atomic mass is 9.74. The van der Waals surface area contributed by atoms with E-state index in [0.29, 0.717) is 34.6 Å². The van der Waals surface area contributed by atoms with Crippen molar-refractivity contribution < 1.29 is 9.90 Å². The molecule has 0 bridgehead atoms. The summed E-state index contributed by atoms with van der Waals surface area (Å²) >= 11 is 3.50. The number of fused-ring (bicyclic) bond motifs is 2. The Morgan fingerprint density at radius 3 is 2.63 bits per heavy atom. The Hall–Kier alpha value is -3.44. The lowest BCUT2D eigenvalue weighted by Gasteiger charge is -2.47. The van der Waals surface area contributed by atoms with E-state index in [1.54, 1.807) is 0 Å². The van der Waals surface area contributed by atoms with Crippen molar-refractivity contribution in [3.05, 3.63) is 58.2 Å². The highest BCUT2D eigenvalue weighted by Crippen LogP contribution is 2.47. The quantitative estimate of drug-likeness (QED) is 0.424. The molecule has 0 unspecified atom stereocenters. The molecule has 6 rings (SSSR count). The van der Waals surface area contributed by atoms with Gasteiger partial charge in [-0.15, -0.1) is 0 Å². The van der Waals surface area contributed by atoms with Gasteiger partial charge in [-0.2, -0.15) is 5.26 Å². The van der Waals surface area contributed by atoms with Crippen molar-refractivity contribution in [3.8, 4) is 23.2 Å². The van der Waals surface area contributed by atoms with Crippen molar-refractivity contribution in [1.29, 1.82) is 5.26 Å². The minimum Gasteiger partial charge on any atom is -0.492 e. The van der Waals surface area contributed by atoms with Gasteiger partial charge in [-0.3, -0.25) is 4.79 Å². The molecule has 0 atom stereocenters. The van der Waals surface area contributed by atoms with Crippen molar-refractivity contribution in [2.24, 2.45) is 10.8 Å². The number of carbonyl (C=O) groups excluding carboxylic acids is 1. The molecule has 1 aliphatic carbocycles. The molecule has 2 aliphatic heterocycles. The van der Waals surface area contributed by atoms with E-state index in [4.69, 9.17) is 4.98 Å². The van der Waals surface area contributed by atoms with Crippen LogP contribution in [0.4, 0.5) is 5.82 Å². The zero-order chi connectivity index (χ0) is 26.8. The Labute approximate surface area is 230 Å². The monoisotopic (exact) mass is 571 g/mol. The van der Waals surface area contributed by atoms with Gasteiger partial charge in [0, 0.05) is 53.6 Å². The van der Waals surface area contributed by atoms with Gasteiger partial charge in [0.05, 0.1) is 10.2 Å². The summed E-state index contributed by atoms with van der Waals surface area (Å²) in [4.78, 5) is 25.9. The first-order chi connectivity index (χ1) is 18.1. The van der Waals surface area contributed by atoms with Gasteiger partial charge >= 0.3 is 0 Å². The van der Waals surface area contributed by atoms with Crippen LogP contribution in [0.2, 0.25) is 0 Å². The minimum absolute atomic E-state index is 0.0171. The molecule has 194 valence electrons. The average molecular weight is 573 g/mol. The number of benzene rings is 1. The summed E-state index contributed by atoms with van der Waals surface area (Å²) in [6.07, 6.45) is 4.92. The predicted molar refractivity (Wildman–Crippen MR) is 151 cm³/mol. The molecule has 7 nitrogen and oxygen atoms in total. The largest absolute Gasteiger partial charge is 0.492 e. The topological polar surface area (TPSA) is 93.3 Å². The van der Waals surface area contributed by atoms with Crippen LogP contribution < -0.4 is 4.90 Å². The van der Waals surface area contributed by atoms with E-state index in [0.717, 1.165) is 66.4 Å². The fraction of sp³-hybridized carbons (Fsp3) is 0.400. The molecule has 1 amide bonds. The lowest BCUT2D eigenvalue weighted by Crippen LogP contribution is -2.59. The molecule has 3 aromatic rings. The normalized spacial score (nSPS) is 19.2. The summed E-state index contributed by atoms with van der Waals surface area (Å²) in [5.41, 5.74) is 4.12. The molecule has 2 aromatic heterocycles. The lowest BCUT2D eigenvalue weighted by molar-refractivity contribution is -0.136. The number of hydrogen-bond acceptors (Lipinski definition) is 6. The number of aromatic nitrogens is 2. The van der Waals surface area contributed by atoms with Crippen LogP contribution in [0.15, 0.2) is 41.4 Å². The summed E-state index contributed by atoms with van der Waals surface area (Å²) in [7, 11) is 0. The van der Waals surface area contributed by atoms with E-state index in [9.17, 15) is 15.2 Å². The second-order valence-corrected chi connectivity index (χ2v) is 12.6. The molecule has 1 spiro atoms. The van der Waals surface area contributed by atoms with E-state index in [2.05, 4.69) is 52.3 Å². The first-order valence-corrected chi connectivity index (χ1v) is 13.8. The third-order valence-corrected chi connectivity index (χ3v) is 9.30. The average Bonchev–Trinajstić information content (AvgIpc) is 3.34. The van der Waals surface area contributed by atoms with E-state index in [1.165, 1.54) is 6.08 Å². The molecule has 0 saturated carbocycles. The number of rotatable bonds is 3. The zero-order valence-corrected chi connectivity index (χ0v) is 23.3. The van der Waals surface area contributed by atoms with Crippen molar-refractivity contribution in [2.45, 2.75) is 39.5 Å². The van der Waals surface area contributed by atoms with Crippen LogP contribution in [-0.4, -0.2) is 52.1 Å². The molecule has 0 radical (unpaired) electrons. The molecule has 8 heteroatoms. The number of hydrogen-bond donors (Lipinski definition) is 1. The molecule has 3 aliphatic rings. The van der Waals surface area contributed by atoms with Gasteiger partial charge in [0.25, 0.3) is 0 Å². The van der Waals surface area contributed by atoms with Gasteiger partial charge < -0.3 is 14.9 Å². The van der Waals surface area contributed by atoms with E-state index < -0.39 is 0 Å². The van der Waals surface area contributed by atoms with Crippen LogP contribution >= 0.6 is 15.9 Å². The zero-order valence-electron chi connectivity index (χ0n) is 21.7. The Morgan fingerprint density at radius 2 is 1.92 bits per heavy atom. The van der Waals surface area contributed by atoms with Gasteiger partial charge in [0.2, 0.25) is 11.8 Å². The summed E-state index contributed by atoms with van der Waals surface area (Å²) in [5, 5.41) is 23.1. The third-order valence-electron chi connectivity index (χ3n) is 8.52. The predicted octanol–water partition coefficient (Wildman–Crippen LogP) is 5.38. The number of nitrogens with zero attached hydrogens (tertiary/aromatic N) is 5. The van der Waals surface area contributed by atoms with Crippen LogP contribution in [0.3, 0.4) is 0 Å². The van der Waals surface area contributed by atoms with Crippen LogP contribution in [0, 0.1) is 22.2 Å². The molecule has 38 heavy (non-hydrogen) atoms. The van der Waals surface area contributed by atoms with Gasteiger partial charge in [-0.05, 0) is 58.7 Å². The first kappa shape index (κ1) is 24.9. The highest BCUT2D eigenvalue weighted by molar-refractivity contribution is 9.10. The Balaban J connectivity index is 1.52. The molecule has 2 fully saturated rings. The van der Waals surface area contributed by atoms with Crippen molar-refractivity contribution >= 4 is 38.4 Å². The van der Waals surface area contributed by atoms with Crippen LogP contribution in [0.25, 0.3) is 22.0 Å². The van der Waals surface area contributed by atoms with Crippen LogP contribution in [-0.2, 0) is 17.6 Å². The summed E-state index contributed by atoms with van der Waals surface area (Å²) in [6, 6.07) is 10.3. The smallest absolute Gasteiger partial charge is 0.245 e. The SMILES string of the molecule is C=CC(=O)N1CC2(CCN(c3nc4c(c(-c5nc(O)c(Br)c6ccccc56)c3C#N)CCC(C)(C)C4)C2)C1. The van der Waals surface area contributed by atoms with Crippen LogP contribution in [0.1, 0.15) is 43.5 Å². The van der Waals surface area contributed by atoms with Gasteiger partial charge in [-0.25, -0.2) is 9.97 Å². The second-order valence-electron chi connectivity index (χ2n) is 11.8. The fourth-order valence-electron chi connectivity index (χ4n) is 6.50. The maximum atomic E-state index is 12.1. The molecule has 2 saturated heterocycles. The number of carbonyl (C=O) groups is 1. The number of nitriles is 1. The standard InChI is InChI=1S/C30H30BrN5O2/c1-4-23(37)36-16-30(17-36)11-12-35(15-30)27-21(14-32)24(20-9-10-29(2,3)13-22(20)33-27)26-19-8-6-5-7-18(19)25(31)28(38)34-26/h4-8H,1,9-13,15-17H2,2-3H3,(H,34,38). The van der Waals surface area contributed by atoms with E-state index in [1.807, 2.05) is 29.2 Å². The van der Waals surface area contributed by atoms with Gasteiger partial charge in [0.1, 0.15) is 17.5 Å². The third kappa shape index (κ3) is 3.87. The number of halogens is 1. The van der Waals surface area contributed by atoms with Crippen molar-refractivity contribution in [2.75, 3.05) is 31.1 Å². The fourth-order valence-corrected chi connectivity index (χ4v) is 6.94. The second kappa shape index (κ2) is 8.81.